The Bertz CT molecular complexity index is 930. The first-order valence-corrected chi connectivity index (χ1v) is 10.8. The third-order valence-corrected chi connectivity index (χ3v) is 5.36. The Morgan fingerprint density at radius 1 is 0.938 bits per heavy atom. The standard InChI is InChI=1S/C23H28Cl2N2O5/c1-14(2)26-23(29)15(3)27(12-16-6-7-20(24)21(25)8-16)22(28)13-32-19-10-17(30-4)9-18(11-19)31-5/h6-11,14-15H,12-13H2,1-5H3,(H,26,29). The van der Waals surface area contributed by atoms with Crippen LogP contribution in [0, 0.1) is 0 Å². The minimum absolute atomic E-state index is 0.0626. The van der Waals surface area contributed by atoms with Crippen molar-refractivity contribution in [1.29, 1.82) is 0 Å². The van der Waals surface area contributed by atoms with Crippen molar-refractivity contribution in [2.45, 2.75) is 39.4 Å². The summed E-state index contributed by atoms with van der Waals surface area (Å²) >= 11 is 12.1. The first-order chi connectivity index (χ1) is 15.1. The van der Waals surface area contributed by atoms with Gasteiger partial charge in [0.05, 0.1) is 24.3 Å². The lowest BCUT2D eigenvalue weighted by Crippen LogP contribution is -2.50. The van der Waals surface area contributed by atoms with Crippen LogP contribution in [0.1, 0.15) is 26.3 Å². The molecule has 9 heteroatoms. The van der Waals surface area contributed by atoms with E-state index in [4.69, 9.17) is 37.4 Å². The predicted molar refractivity (Wildman–Crippen MR) is 125 cm³/mol. The van der Waals surface area contributed by atoms with E-state index in [2.05, 4.69) is 5.32 Å². The molecular formula is C23H28Cl2N2O5. The minimum atomic E-state index is -0.734. The number of hydrogen-bond acceptors (Lipinski definition) is 5. The van der Waals surface area contributed by atoms with E-state index in [1.165, 1.54) is 19.1 Å². The van der Waals surface area contributed by atoms with Crippen LogP contribution in [0.5, 0.6) is 17.2 Å². The van der Waals surface area contributed by atoms with E-state index in [0.29, 0.717) is 27.3 Å². The van der Waals surface area contributed by atoms with Gasteiger partial charge in [-0.25, -0.2) is 0 Å². The molecule has 2 aromatic rings. The average Bonchev–Trinajstić information content (AvgIpc) is 2.76. The number of amides is 2. The average molecular weight is 483 g/mol. The highest BCUT2D eigenvalue weighted by Gasteiger charge is 2.27. The van der Waals surface area contributed by atoms with E-state index in [1.807, 2.05) is 13.8 Å². The molecule has 0 spiro atoms. The molecule has 0 saturated heterocycles. The van der Waals surface area contributed by atoms with Crippen molar-refractivity contribution in [1.82, 2.24) is 10.2 Å². The second-order valence-electron chi connectivity index (χ2n) is 7.45. The number of rotatable bonds is 10. The molecule has 1 N–H and O–H groups in total. The number of carbonyl (C=O) groups is 2. The van der Waals surface area contributed by atoms with Crippen LogP contribution >= 0.6 is 23.2 Å². The summed E-state index contributed by atoms with van der Waals surface area (Å²) < 4.78 is 16.1. The van der Waals surface area contributed by atoms with Gasteiger partial charge in [-0.2, -0.15) is 0 Å². The summed E-state index contributed by atoms with van der Waals surface area (Å²) in [6.07, 6.45) is 0. The Morgan fingerprint density at radius 2 is 1.53 bits per heavy atom. The number of nitrogens with zero attached hydrogens (tertiary/aromatic N) is 1. The third-order valence-electron chi connectivity index (χ3n) is 4.62. The second kappa shape index (κ2) is 11.8. The molecule has 32 heavy (non-hydrogen) atoms. The van der Waals surface area contributed by atoms with E-state index in [1.54, 1.807) is 43.3 Å². The van der Waals surface area contributed by atoms with Gasteiger partial charge >= 0.3 is 0 Å². The summed E-state index contributed by atoms with van der Waals surface area (Å²) in [6, 6.07) is 9.28. The Balaban J connectivity index is 2.22. The van der Waals surface area contributed by atoms with Crippen molar-refractivity contribution in [2.75, 3.05) is 20.8 Å². The van der Waals surface area contributed by atoms with Gasteiger partial charge in [-0.1, -0.05) is 29.3 Å². The summed E-state index contributed by atoms with van der Waals surface area (Å²) in [5.41, 5.74) is 0.736. The fourth-order valence-electron chi connectivity index (χ4n) is 2.92. The van der Waals surface area contributed by atoms with Gasteiger partial charge in [-0.05, 0) is 38.5 Å². The number of carbonyl (C=O) groups excluding carboxylic acids is 2. The number of methoxy groups -OCH3 is 2. The zero-order valence-electron chi connectivity index (χ0n) is 18.8. The zero-order chi connectivity index (χ0) is 23.8. The number of benzene rings is 2. The summed E-state index contributed by atoms with van der Waals surface area (Å²) in [7, 11) is 3.05. The van der Waals surface area contributed by atoms with Crippen molar-refractivity contribution in [3.63, 3.8) is 0 Å². The van der Waals surface area contributed by atoms with Crippen LogP contribution in [-0.4, -0.2) is 49.6 Å². The maximum Gasteiger partial charge on any atom is 0.261 e. The van der Waals surface area contributed by atoms with Crippen LogP contribution in [0.25, 0.3) is 0 Å². The highest BCUT2D eigenvalue weighted by Crippen LogP contribution is 2.28. The highest BCUT2D eigenvalue weighted by molar-refractivity contribution is 6.42. The number of ether oxygens (including phenoxy) is 3. The molecule has 0 saturated carbocycles. The van der Waals surface area contributed by atoms with Crippen molar-refractivity contribution in [3.8, 4) is 17.2 Å². The second-order valence-corrected chi connectivity index (χ2v) is 8.26. The number of halogens is 2. The minimum Gasteiger partial charge on any atom is -0.496 e. The molecule has 7 nitrogen and oxygen atoms in total. The molecule has 0 bridgehead atoms. The van der Waals surface area contributed by atoms with Crippen molar-refractivity contribution < 1.29 is 23.8 Å². The van der Waals surface area contributed by atoms with E-state index >= 15 is 0 Å². The first-order valence-electron chi connectivity index (χ1n) is 10.0. The van der Waals surface area contributed by atoms with Gasteiger partial charge in [0.1, 0.15) is 23.3 Å². The van der Waals surface area contributed by atoms with E-state index < -0.39 is 6.04 Å². The molecule has 2 amide bonds. The summed E-state index contributed by atoms with van der Waals surface area (Å²) in [4.78, 5) is 27.2. The molecule has 1 atom stereocenters. The molecule has 0 aliphatic carbocycles. The van der Waals surface area contributed by atoms with Crippen molar-refractivity contribution in [2.24, 2.45) is 0 Å². The molecule has 0 fully saturated rings. The van der Waals surface area contributed by atoms with Crippen LogP contribution in [0.3, 0.4) is 0 Å². The third kappa shape index (κ3) is 7.21. The molecule has 2 rings (SSSR count). The molecule has 0 aromatic heterocycles. The van der Waals surface area contributed by atoms with Crippen LogP contribution < -0.4 is 19.5 Å². The zero-order valence-corrected chi connectivity index (χ0v) is 20.3. The van der Waals surface area contributed by atoms with E-state index in [-0.39, 0.29) is 31.0 Å². The lowest BCUT2D eigenvalue weighted by atomic mass is 10.1. The van der Waals surface area contributed by atoms with Crippen LogP contribution in [0.2, 0.25) is 10.0 Å². The Labute approximate surface area is 198 Å². The topological polar surface area (TPSA) is 77.1 Å². The normalized spacial score (nSPS) is 11.6. The fraction of sp³-hybridized carbons (Fsp3) is 0.391. The van der Waals surface area contributed by atoms with Gasteiger partial charge in [-0.3, -0.25) is 9.59 Å². The van der Waals surface area contributed by atoms with Crippen LogP contribution in [-0.2, 0) is 16.1 Å². The molecule has 0 aliphatic rings. The van der Waals surface area contributed by atoms with Gasteiger partial charge in [-0.15, -0.1) is 0 Å². The van der Waals surface area contributed by atoms with Crippen LogP contribution in [0.15, 0.2) is 36.4 Å². The summed E-state index contributed by atoms with van der Waals surface area (Å²) in [5.74, 6) is 0.831. The highest BCUT2D eigenvalue weighted by atomic mass is 35.5. The molecule has 1 unspecified atom stereocenters. The van der Waals surface area contributed by atoms with E-state index in [0.717, 1.165) is 5.56 Å². The smallest absolute Gasteiger partial charge is 0.261 e. The molecular weight excluding hydrogens is 455 g/mol. The first kappa shape index (κ1) is 25.6. The quantitative estimate of drug-likeness (QED) is 0.545. The van der Waals surface area contributed by atoms with Gasteiger partial charge in [0.15, 0.2) is 6.61 Å². The molecule has 0 heterocycles. The summed E-state index contributed by atoms with van der Waals surface area (Å²) in [6.45, 7) is 5.26. The molecule has 0 radical (unpaired) electrons. The van der Waals surface area contributed by atoms with Gasteiger partial charge in [0, 0.05) is 30.8 Å². The molecule has 2 aromatic carbocycles. The van der Waals surface area contributed by atoms with Gasteiger partial charge in [0.2, 0.25) is 5.91 Å². The monoisotopic (exact) mass is 482 g/mol. The predicted octanol–water partition coefficient (Wildman–Crippen LogP) is 4.33. The lowest BCUT2D eigenvalue weighted by Gasteiger charge is -2.29. The van der Waals surface area contributed by atoms with Crippen molar-refractivity contribution in [3.05, 3.63) is 52.0 Å². The lowest BCUT2D eigenvalue weighted by molar-refractivity contribution is -0.142. The van der Waals surface area contributed by atoms with Crippen molar-refractivity contribution >= 4 is 35.0 Å². The number of hydrogen-bond donors (Lipinski definition) is 1. The molecule has 174 valence electrons. The summed E-state index contributed by atoms with van der Waals surface area (Å²) in [5, 5.41) is 3.62. The van der Waals surface area contributed by atoms with Crippen LogP contribution in [0.4, 0.5) is 0 Å². The Kier molecular flexibility index (Phi) is 9.47. The Morgan fingerprint density at radius 3 is 2.06 bits per heavy atom. The van der Waals surface area contributed by atoms with Gasteiger partial charge < -0.3 is 24.4 Å². The van der Waals surface area contributed by atoms with Gasteiger partial charge in [0.25, 0.3) is 5.91 Å². The molecule has 0 aliphatic heterocycles. The maximum atomic E-state index is 13.1. The number of nitrogens with one attached hydrogen (secondary N) is 1. The van der Waals surface area contributed by atoms with E-state index in [9.17, 15) is 9.59 Å². The maximum absolute atomic E-state index is 13.1. The largest absolute Gasteiger partial charge is 0.496 e. The fourth-order valence-corrected chi connectivity index (χ4v) is 3.24. The Hall–Kier alpha value is -2.64. The SMILES string of the molecule is COc1cc(OC)cc(OCC(=O)N(Cc2ccc(Cl)c(Cl)c2)C(C)C(=O)NC(C)C)c1.